The second kappa shape index (κ2) is 5.66. The van der Waals surface area contributed by atoms with Crippen molar-refractivity contribution in [1.29, 1.82) is 0 Å². The van der Waals surface area contributed by atoms with Crippen LogP contribution >= 0.6 is 11.3 Å². The zero-order valence-electron chi connectivity index (χ0n) is 10.0. The number of anilines is 1. The molecule has 100 valence electrons. The molecule has 1 aromatic carbocycles. The minimum absolute atomic E-state index is 0.0495. The van der Waals surface area contributed by atoms with Gasteiger partial charge in [0, 0.05) is 17.1 Å². The monoisotopic (exact) mass is 282 g/mol. The lowest BCUT2D eigenvalue weighted by Crippen LogP contribution is -2.02. The van der Waals surface area contributed by atoms with Crippen LogP contribution in [0.1, 0.15) is 15.5 Å². The van der Waals surface area contributed by atoms with E-state index in [1.54, 1.807) is 11.4 Å². The molecule has 7 heteroatoms. The molecule has 0 bridgehead atoms. The minimum Gasteiger partial charge on any atom is -0.494 e. The summed E-state index contributed by atoms with van der Waals surface area (Å²) in [4.78, 5) is 14.6. The smallest absolute Gasteiger partial charge is 0.365 e. The van der Waals surface area contributed by atoms with E-state index in [-0.39, 0.29) is 10.8 Å². The van der Waals surface area contributed by atoms with Crippen LogP contribution in [0.2, 0.25) is 0 Å². The average Bonchev–Trinajstić information content (AvgIpc) is 2.87. The number of aromatic carboxylic acids is 1. The number of nitrogens with zero attached hydrogens (tertiary/aromatic N) is 1. The molecular weight excluding hydrogens is 271 g/mol. The highest BCUT2D eigenvalue weighted by molar-refractivity contribution is 7.11. The molecule has 0 atom stereocenters. The lowest BCUT2D eigenvalue weighted by molar-refractivity contribution is 0.0696. The number of methoxy groups -OCH3 is 1. The molecule has 1 aromatic heterocycles. The number of carbonyl (C=O) groups is 1. The zero-order chi connectivity index (χ0) is 13.8. The molecule has 0 aliphatic carbocycles. The molecule has 19 heavy (non-hydrogen) atoms. The summed E-state index contributed by atoms with van der Waals surface area (Å²) >= 11 is 1.07. The fourth-order valence-electron chi connectivity index (χ4n) is 1.45. The Hall–Kier alpha value is -2.15. The normalized spacial score (nSPS) is 10.2. The van der Waals surface area contributed by atoms with E-state index >= 15 is 0 Å². The second-order valence-corrected chi connectivity index (χ2v) is 4.51. The van der Waals surface area contributed by atoms with Gasteiger partial charge in [-0.25, -0.2) is 14.2 Å². The summed E-state index contributed by atoms with van der Waals surface area (Å²) < 4.78 is 18.1. The first-order valence-electron chi connectivity index (χ1n) is 5.35. The predicted molar refractivity (Wildman–Crippen MR) is 69.4 cm³/mol. The van der Waals surface area contributed by atoms with Crippen LogP contribution in [0.15, 0.2) is 23.6 Å². The van der Waals surface area contributed by atoms with Crippen LogP contribution in [0.5, 0.6) is 5.75 Å². The van der Waals surface area contributed by atoms with Gasteiger partial charge in [-0.05, 0) is 12.1 Å². The third-order valence-electron chi connectivity index (χ3n) is 2.36. The Morgan fingerprint density at radius 2 is 2.37 bits per heavy atom. The van der Waals surface area contributed by atoms with E-state index in [0.717, 1.165) is 11.3 Å². The summed E-state index contributed by atoms with van der Waals surface area (Å²) in [5.41, 5.74) is 1.29. The maximum atomic E-state index is 13.2. The van der Waals surface area contributed by atoms with Crippen molar-refractivity contribution in [2.75, 3.05) is 12.4 Å². The number of ether oxygens (including phenoxy) is 1. The van der Waals surface area contributed by atoms with Crippen molar-refractivity contribution in [3.05, 3.63) is 40.1 Å². The van der Waals surface area contributed by atoms with Gasteiger partial charge < -0.3 is 15.2 Å². The van der Waals surface area contributed by atoms with Crippen molar-refractivity contribution in [3.63, 3.8) is 0 Å². The molecule has 0 saturated heterocycles. The topological polar surface area (TPSA) is 71.5 Å². The molecule has 0 fully saturated rings. The summed E-state index contributed by atoms with van der Waals surface area (Å²) in [5.74, 6) is -1.33. The number of carboxylic acid groups (broad SMARTS) is 1. The van der Waals surface area contributed by atoms with E-state index in [4.69, 9.17) is 9.84 Å². The molecule has 0 radical (unpaired) electrons. The Kier molecular flexibility index (Phi) is 3.96. The number of rotatable bonds is 5. The molecular formula is C12H11FN2O3S. The molecule has 2 aromatic rings. The van der Waals surface area contributed by atoms with Crippen LogP contribution in [0.4, 0.5) is 10.1 Å². The lowest BCUT2D eigenvalue weighted by Gasteiger charge is -2.07. The molecule has 0 amide bonds. The molecule has 5 nitrogen and oxygen atoms in total. The van der Waals surface area contributed by atoms with Crippen molar-refractivity contribution in [2.24, 2.45) is 0 Å². The van der Waals surface area contributed by atoms with Crippen molar-refractivity contribution in [1.82, 2.24) is 4.98 Å². The van der Waals surface area contributed by atoms with Gasteiger partial charge in [-0.15, -0.1) is 11.3 Å². The van der Waals surface area contributed by atoms with Crippen LogP contribution in [0.25, 0.3) is 0 Å². The first-order valence-corrected chi connectivity index (χ1v) is 6.23. The van der Waals surface area contributed by atoms with Crippen molar-refractivity contribution in [3.8, 4) is 5.75 Å². The summed E-state index contributed by atoms with van der Waals surface area (Å²) in [6, 6.07) is 4.40. The number of thiazole rings is 1. The van der Waals surface area contributed by atoms with Gasteiger partial charge in [-0.1, -0.05) is 0 Å². The van der Waals surface area contributed by atoms with Crippen LogP contribution in [0, 0.1) is 5.82 Å². The maximum Gasteiger partial charge on any atom is 0.365 e. The Morgan fingerprint density at radius 1 is 1.58 bits per heavy atom. The van der Waals surface area contributed by atoms with Gasteiger partial charge in [0.2, 0.25) is 5.01 Å². The maximum absolute atomic E-state index is 13.2. The van der Waals surface area contributed by atoms with Crippen molar-refractivity contribution < 1.29 is 19.0 Å². The number of benzene rings is 1. The summed E-state index contributed by atoms with van der Waals surface area (Å²) in [7, 11) is 1.39. The lowest BCUT2D eigenvalue weighted by atomic mass is 10.3. The summed E-state index contributed by atoms with van der Waals surface area (Å²) in [6.45, 7) is 0.360. The van der Waals surface area contributed by atoms with Crippen LogP contribution in [0.3, 0.4) is 0 Å². The van der Waals surface area contributed by atoms with E-state index in [2.05, 4.69) is 10.3 Å². The standard InChI is InChI=1S/C12H11FN2O3S/c1-18-10-4-7(2-3-9(10)13)14-5-8-6-19-11(15-8)12(16)17/h2-4,6,14H,5H2,1H3,(H,16,17). The van der Waals surface area contributed by atoms with Crippen molar-refractivity contribution in [2.45, 2.75) is 6.54 Å². The van der Waals surface area contributed by atoms with E-state index in [0.29, 0.717) is 17.9 Å². The van der Waals surface area contributed by atoms with Gasteiger partial charge in [0.05, 0.1) is 19.3 Å². The first-order chi connectivity index (χ1) is 9.10. The van der Waals surface area contributed by atoms with E-state index < -0.39 is 11.8 Å². The van der Waals surface area contributed by atoms with Gasteiger partial charge in [0.25, 0.3) is 0 Å². The highest BCUT2D eigenvalue weighted by Crippen LogP contribution is 2.22. The van der Waals surface area contributed by atoms with Gasteiger partial charge in [0.15, 0.2) is 11.6 Å². The first kappa shape index (κ1) is 13.3. The quantitative estimate of drug-likeness (QED) is 0.882. The van der Waals surface area contributed by atoms with Crippen LogP contribution in [-0.4, -0.2) is 23.2 Å². The molecule has 2 rings (SSSR count). The molecule has 0 saturated carbocycles. The van der Waals surface area contributed by atoms with Crippen LogP contribution in [-0.2, 0) is 6.54 Å². The number of hydrogen-bond acceptors (Lipinski definition) is 5. The van der Waals surface area contributed by atoms with Crippen molar-refractivity contribution >= 4 is 23.0 Å². The molecule has 2 N–H and O–H groups in total. The Labute approximate surface area is 112 Å². The molecule has 0 aliphatic rings. The number of aromatic nitrogens is 1. The Balaban J connectivity index is 2.03. The number of hydrogen-bond donors (Lipinski definition) is 2. The van der Waals surface area contributed by atoms with Gasteiger partial charge in [-0.2, -0.15) is 0 Å². The van der Waals surface area contributed by atoms with Gasteiger partial charge >= 0.3 is 5.97 Å². The Morgan fingerprint density at radius 3 is 3.00 bits per heavy atom. The van der Waals surface area contributed by atoms with Gasteiger partial charge in [0.1, 0.15) is 0 Å². The van der Waals surface area contributed by atoms with Gasteiger partial charge in [-0.3, -0.25) is 0 Å². The van der Waals surface area contributed by atoms with Crippen LogP contribution < -0.4 is 10.1 Å². The number of carboxylic acids is 1. The fraction of sp³-hybridized carbons (Fsp3) is 0.167. The summed E-state index contributed by atoms with van der Waals surface area (Å²) in [5, 5.41) is 13.5. The average molecular weight is 282 g/mol. The zero-order valence-corrected chi connectivity index (χ0v) is 10.8. The Bertz CT molecular complexity index is 600. The third-order valence-corrected chi connectivity index (χ3v) is 3.24. The third kappa shape index (κ3) is 3.19. The molecule has 0 aliphatic heterocycles. The van der Waals surface area contributed by atoms with E-state index in [1.165, 1.54) is 19.2 Å². The fourth-order valence-corrected chi connectivity index (χ4v) is 2.10. The summed E-state index contributed by atoms with van der Waals surface area (Å²) in [6.07, 6.45) is 0. The van der Waals surface area contributed by atoms with E-state index in [1.807, 2.05) is 0 Å². The highest BCUT2D eigenvalue weighted by Gasteiger charge is 2.09. The highest BCUT2D eigenvalue weighted by atomic mass is 32.1. The SMILES string of the molecule is COc1cc(NCc2csc(C(=O)O)n2)ccc1F. The minimum atomic E-state index is -1.04. The molecule has 0 unspecified atom stereocenters. The number of halogens is 1. The predicted octanol–water partition coefficient (Wildman–Crippen LogP) is 2.60. The van der Waals surface area contributed by atoms with E-state index in [9.17, 15) is 9.18 Å². The second-order valence-electron chi connectivity index (χ2n) is 3.65. The molecule has 0 spiro atoms. The molecule has 1 heterocycles. The largest absolute Gasteiger partial charge is 0.494 e. The number of nitrogens with one attached hydrogen (secondary N) is 1.